The highest BCUT2D eigenvalue weighted by atomic mass is 32.2. The van der Waals surface area contributed by atoms with Gasteiger partial charge in [0, 0.05) is 12.6 Å². The van der Waals surface area contributed by atoms with Crippen LogP contribution in [0.2, 0.25) is 0 Å². The average Bonchev–Trinajstić information content (AvgIpc) is 2.32. The van der Waals surface area contributed by atoms with E-state index in [1.807, 2.05) is 13.8 Å². The smallest absolute Gasteiger partial charge is 0.351 e. The maximum absolute atomic E-state index is 10.7. The lowest BCUT2D eigenvalue weighted by Gasteiger charge is -2.08. The van der Waals surface area contributed by atoms with Crippen molar-refractivity contribution in [2.75, 3.05) is 0 Å². The Bertz CT molecular complexity index is 396. The summed E-state index contributed by atoms with van der Waals surface area (Å²) < 4.78 is 27.3. The quantitative estimate of drug-likeness (QED) is 0.779. The molecule has 0 atom stereocenters. The Balaban J connectivity index is 2.83. The number of aromatic nitrogens is 2. The minimum absolute atomic E-state index is 0.140. The zero-order valence-electron chi connectivity index (χ0n) is 8.04. The van der Waals surface area contributed by atoms with Gasteiger partial charge in [0.15, 0.2) is 0 Å². The second-order valence-electron chi connectivity index (χ2n) is 3.32. The van der Waals surface area contributed by atoms with Crippen LogP contribution >= 0.6 is 0 Å². The van der Waals surface area contributed by atoms with Crippen molar-refractivity contribution < 1.29 is 12.6 Å². The van der Waals surface area contributed by atoms with Gasteiger partial charge >= 0.3 is 10.3 Å². The zero-order chi connectivity index (χ0) is 10.8. The van der Waals surface area contributed by atoms with E-state index in [1.165, 1.54) is 16.9 Å². The van der Waals surface area contributed by atoms with Gasteiger partial charge in [-0.3, -0.25) is 0 Å². The second-order valence-corrected chi connectivity index (χ2v) is 4.47. The SMILES string of the molecule is CC(C)Cn1nccc1OS(N)(=O)=O. The summed E-state index contributed by atoms with van der Waals surface area (Å²) in [5.41, 5.74) is 0. The van der Waals surface area contributed by atoms with Gasteiger partial charge < -0.3 is 4.18 Å². The van der Waals surface area contributed by atoms with Crippen molar-refractivity contribution in [3.63, 3.8) is 0 Å². The van der Waals surface area contributed by atoms with Crippen molar-refractivity contribution in [2.45, 2.75) is 20.4 Å². The minimum atomic E-state index is -3.97. The number of hydrogen-bond donors (Lipinski definition) is 1. The minimum Gasteiger partial charge on any atom is -0.351 e. The Hall–Kier alpha value is -1.08. The second kappa shape index (κ2) is 3.97. The third-order valence-corrected chi connectivity index (χ3v) is 1.82. The van der Waals surface area contributed by atoms with E-state index >= 15 is 0 Å². The molecule has 0 spiro atoms. The molecule has 14 heavy (non-hydrogen) atoms. The molecule has 0 aromatic carbocycles. The summed E-state index contributed by atoms with van der Waals surface area (Å²) >= 11 is 0. The topological polar surface area (TPSA) is 87.2 Å². The number of nitrogens with two attached hydrogens (primary N) is 1. The van der Waals surface area contributed by atoms with Crippen LogP contribution in [0.1, 0.15) is 13.8 Å². The monoisotopic (exact) mass is 219 g/mol. The highest BCUT2D eigenvalue weighted by Gasteiger charge is 2.11. The molecule has 0 aliphatic heterocycles. The predicted octanol–water partition coefficient (Wildman–Crippen LogP) is 0.121. The van der Waals surface area contributed by atoms with Gasteiger partial charge in [-0.15, -0.1) is 0 Å². The van der Waals surface area contributed by atoms with Gasteiger partial charge in [0.1, 0.15) is 0 Å². The first kappa shape index (κ1) is 11.0. The highest BCUT2D eigenvalue weighted by Crippen LogP contribution is 2.12. The maximum atomic E-state index is 10.7. The highest BCUT2D eigenvalue weighted by molar-refractivity contribution is 7.84. The zero-order valence-corrected chi connectivity index (χ0v) is 8.86. The predicted molar refractivity (Wildman–Crippen MR) is 50.8 cm³/mol. The standard InChI is InChI=1S/C7H13N3O3S/c1-6(2)5-10-7(3-4-9-10)13-14(8,11)12/h3-4,6H,5H2,1-2H3,(H2,8,11,12). The van der Waals surface area contributed by atoms with Gasteiger partial charge in [0.2, 0.25) is 5.88 Å². The Morgan fingerprint density at radius 2 is 2.29 bits per heavy atom. The maximum Gasteiger partial charge on any atom is 0.381 e. The summed E-state index contributed by atoms with van der Waals surface area (Å²) in [5, 5.41) is 8.65. The van der Waals surface area contributed by atoms with Gasteiger partial charge in [-0.25, -0.2) is 4.68 Å². The molecule has 1 heterocycles. The van der Waals surface area contributed by atoms with E-state index in [4.69, 9.17) is 5.14 Å². The molecule has 0 radical (unpaired) electrons. The Morgan fingerprint density at radius 1 is 1.64 bits per heavy atom. The number of rotatable bonds is 4. The fourth-order valence-corrected chi connectivity index (χ4v) is 1.37. The molecule has 0 aliphatic carbocycles. The molecule has 2 N–H and O–H groups in total. The van der Waals surface area contributed by atoms with Crippen molar-refractivity contribution >= 4 is 10.3 Å². The van der Waals surface area contributed by atoms with Crippen LogP contribution in [0, 0.1) is 5.92 Å². The summed E-state index contributed by atoms with van der Waals surface area (Å²) in [6, 6.07) is 1.45. The molecule has 0 saturated carbocycles. The van der Waals surface area contributed by atoms with E-state index in [0.29, 0.717) is 12.5 Å². The Labute approximate surface area is 82.9 Å². The van der Waals surface area contributed by atoms with Gasteiger partial charge in [-0.1, -0.05) is 13.8 Å². The summed E-state index contributed by atoms with van der Waals surface area (Å²) in [7, 11) is -3.97. The van der Waals surface area contributed by atoms with Crippen molar-refractivity contribution in [1.29, 1.82) is 0 Å². The summed E-state index contributed by atoms with van der Waals surface area (Å²) in [6.07, 6.45) is 1.46. The molecule has 1 rings (SSSR count). The van der Waals surface area contributed by atoms with Crippen LogP contribution in [0.5, 0.6) is 5.88 Å². The van der Waals surface area contributed by atoms with Gasteiger partial charge in [-0.2, -0.15) is 18.7 Å². The Kier molecular flexibility index (Phi) is 3.12. The Morgan fingerprint density at radius 3 is 2.79 bits per heavy atom. The van der Waals surface area contributed by atoms with Crippen molar-refractivity contribution in [1.82, 2.24) is 9.78 Å². The first-order valence-electron chi connectivity index (χ1n) is 4.12. The van der Waals surface area contributed by atoms with Crippen LogP contribution in [0.4, 0.5) is 0 Å². The molecule has 7 heteroatoms. The van der Waals surface area contributed by atoms with E-state index in [9.17, 15) is 8.42 Å². The first-order valence-corrected chi connectivity index (χ1v) is 5.59. The fourth-order valence-electron chi connectivity index (χ4n) is 0.993. The van der Waals surface area contributed by atoms with Crippen LogP contribution in [0.25, 0.3) is 0 Å². The van der Waals surface area contributed by atoms with E-state index in [1.54, 1.807) is 0 Å². The molecule has 6 nitrogen and oxygen atoms in total. The lowest BCUT2D eigenvalue weighted by atomic mass is 10.2. The molecule has 0 aliphatic rings. The molecule has 80 valence electrons. The van der Waals surface area contributed by atoms with Crippen LogP contribution in [0.15, 0.2) is 12.3 Å². The van der Waals surface area contributed by atoms with E-state index < -0.39 is 10.3 Å². The third-order valence-electron chi connectivity index (χ3n) is 1.42. The summed E-state index contributed by atoms with van der Waals surface area (Å²) in [4.78, 5) is 0. The molecular formula is C7H13N3O3S. The lowest BCUT2D eigenvalue weighted by Crippen LogP contribution is -2.21. The molecule has 1 aromatic rings. The average molecular weight is 219 g/mol. The summed E-state index contributed by atoms with van der Waals surface area (Å²) in [6.45, 7) is 4.56. The third kappa shape index (κ3) is 3.35. The lowest BCUT2D eigenvalue weighted by molar-refractivity contribution is 0.407. The van der Waals surface area contributed by atoms with Gasteiger partial charge in [-0.05, 0) is 5.92 Å². The van der Waals surface area contributed by atoms with E-state index in [0.717, 1.165) is 0 Å². The van der Waals surface area contributed by atoms with Gasteiger partial charge in [0.25, 0.3) is 0 Å². The first-order chi connectivity index (χ1) is 6.38. The largest absolute Gasteiger partial charge is 0.381 e. The van der Waals surface area contributed by atoms with Crippen molar-refractivity contribution in [3.8, 4) is 5.88 Å². The van der Waals surface area contributed by atoms with Crippen LogP contribution in [-0.2, 0) is 16.8 Å². The number of hydrogen-bond acceptors (Lipinski definition) is 4. The van der Waals surface area contributed by atoms with Crippen molar-refractivity contribution in [3.05, 3.63) is 12.3 Å². The summed E-state index contributed by atoms with van der Waals surface area (Å²) in [5.74, 6) is 0.485. The van der Waals surface area contributed by atoms with Crippen LogP contribution in [0.3, 0.4) is 0 Å². The molecule has 0 saturated heterocycles. The molecule has 0 bridgehead atoms. The molecular weight excluding hydrogens is 206 g/mol. The molecule has 0 unspecified atom stereocenters. The molecule has 1 aromatic heterocycles. The van der Waals surface area contributed by atoms with Crippen LogP contribution < -0.4 is 9.32 Å². The number of nitrogens with zero attached hydrogens (tertiary/aromatic N) is 2. The molecule has 0 amide bonds. The molecule has 0 fully saturated rings. The normalized spacial score (nSPS) is 12.0. The van der Waals surface area contributed by atoms with Crippen LogP contribution in [-0.4, -0.2) is 18.2 Å². The fraction of sp³-hybridized carbons (Fsp3) is 0.571. The van der Waals surface area contributed by atoms with E-state index in [2.05, 4.69) is 9.28 Å². The van der Waals surface area contributed by atoms with Crippen molar-refractivity contribution in [2.24, 2.45) is 11.1 Å². The van der Waals surface area contributed by atoms with Gasteiger partial charge in [0.05, 0.1) is 6.20 Å². The van der Waals surface area contributed by atoms with E-state index in [-0.39, 0.29) is 5.88 Å².